The molecule has 0 heterocycles. The van der Waals surface area contributed by atoms with Crippen molar-refractivity contribution in [3.63, 3.8) is 0 Å². The number of amides is 2. The van der Waals surface area contributed by atoms with Crippen LogP contribution in [0.5, 0.6) is 11.5 Å². The van der Waals surface area contributed by atoms with Crippen LogP contribution in [0.1, 0.15) is 24.2 Å². The van der Waals surface area contributed by atoms with Crippen molar-refractivity contribution in [2.45, 2.75) is 13.8 Å². The van der Waals surface area contributed by atoms with Gasteiger partial charge in [0.2, 0.25) is 5.91 Å². The lowest BCUT2D eigenvalue weighted by molar-refractivity contribution is -0.114. The largest absolute Gasteiger partial charge is 0.490 e. The number of para-hydroxylation sites is 1. The molecule has 0 aliphatic rings. The van der Waals surface area contributed by atoms with Crippen molar-refractivity contribution in [3.8, 4) is 11.5 Å². The maximum atomic E-state index is 12.5. The summed E-state index contributed by atoms with van der Waals surface area (Å²) in [4.78, 5) is 26.7. The summed E-state index contributed by atoms with van der Waals surface area (Å²) in [7, 11) is 0. The van der Waals surface area contributed by atoms with Gasteiger partial charge < -0.3 is 25.0 Å². The van der Waals surface area contributed by atoms with Crippen LogP contribution in [0.15, 0.2) is 78.9 Å². The molecule has 3 aromatic carbocycles. The highest BCUT2D eigenvalue weighted by Crippen LogP contribution is 2.18. The van der Waals surface area contributed by atoms with Crippen molar-refractivity contribution in [2.24, 2.45) is 0 Å². The standard InChI is InChI=1S/C27H31N3O4/c1-3-30(4-2)27(32)21-10-8-11-22(18-21)28-20-26(31)29-23-12-9-15-25(19-23)34-17-16-33-24-13-6-5-7-14-24/h5-15,18-19,28H,3-4,16-17,20H2,1-2H3,(H,29,31). The van der Waals surface area contributed by atoms with E-state index in [0.29, 0.717) is 49.0 Å². The fraction of sp³-hybridized carbons (Fsp3) is 0.259. The van der Waals surface area contributed by atoms with Gasteiger partial charge in [0.05, 0.1) is 6.54 Å². The molecule has 2 N–H and O–H groups in total. The quantitative estimate of drug-likeness (QED) is 0.383. The Morgan fingerprint density at radius 2 is 1.41 bits per heavy atom. The monoisotopic (exact) mass is 461 g/mol. The molecule has 3 aromatic rings. The Balaban J connectivity index is 1.46. The molecule has 0 unspecified atom stereocenters. The summed E-state index contributed by atoms with van der Waals surface area (Å²) in [5, 5.41) is 5.93. The molecule has 0 radical (unpaired) electrons. The zero-order valence-electron chi connectivity index (χ0n) is 19.6. The minimum Gasteiger partial charge on any atom is -0.490 e. The Morgan fingerprint density at radius 1 is 0.765 bits per heavy atom. The van der Waals surface area contributed by atoms with Crippen LogP contribution in [0.3, 0.4) is 0 Å². The molecule has 0 aliphatic carbocycles. The van der Waals surface area contributed by atoms with Gasteiger partial charge >= 0.3 is 0 Å². The summed E-state index contributed by atoms with van der Waals surface area (Å²) >= 11 is 0. The van der Waals surface area contributed by atoms with Gasteiger partial charge in [-0.25, -0.2) is 0 Å². The van der Waals surface area contributed by atoms with Gasteiger partial charge in [0, 0.05) is 36.1 Å². The lowest BCUT2D eigenvalue weighted by atomic mass is 10.1. The van der Waals surface area contributed by atoms with Crippen LogP contribution in [0, 0.1) is 0 Å². The van der Waals surface area contributed by atoms with Crippen molar-refractivity contribution < 1.29 is 19.1 Å². The Labute approximate surface area is 200 Å². The molecule has 0 aromatic heterocycles. The van der Waals surface area contributed by atoms with E-state index in [1.807, 2.05) is 62.4 Å². The van der Waals surface area contributed by atoms with E-state index in [0.717, 1.165) is 5.75 Å². The zero-order chi connectivity index (χ0) is 24.2. The van der Waals surface area contributed by atoms with Crippen molar-refractivity contribution >= 4 is 23.2 Å². The summed E-state index contributed by atoms with van der Waals surface area (Å²) in [5.41, 5.74) is 1.94. The number of nitrogens with zero attached hydrogens (tertiary/aromatic N) is 1. The second kappa shape index (κ2) is 12.9. The van der Waals surface area contributed by atoms with Crippen LogP contribution in [0.25, 0.3) is 0 Å². The van der Waals surface area contributed by atoms with Gasteiger partial charge in [-0.1, -0.05) is 30.3 Å². The zero-order valence-corrected chi connectivity index (χ0v) is 19.6. The second-order valence-corrected chi connectivity index (χ2v) is 7.50. The number of anilines is 2. The van der Waals surface area contributed by atoms with Crippen LogP contribution >= 0.6 is 0 Å². The number of carbonyl (C=O) groups excluding carboxylic acids is 2. The molecule has 178 valence electrons. The van der Waals surface area contributed by atoms with Gasteiger partial charge in [0.15, 0.2) is 0 Å². The van der Waals surface area contributed by atoms with E-state index in [1.165, 1.54) is 0 Å². The normalized spacial score (nSPS) is 10.3. The summed E-state index contributed by atoms with van der Waals surface area (Å²) < 4.78 is 11.3. The third-order valence-corrected chi connectivity index (χ3v) is 5.10. The van der Waals surface area contributed by atoms with Crippen molar-refractivity contribution in [1.29, 1.82) is 0 Å². The Bertz CT molecular complexity index is 1070. The topological polar surface area (TPSA) is 79.9 Å². The maximum Gasteiger partial charge on any atom is 0.253 e. The molecule has 0 spiro atoms. The lowest BCUT2D eigenvalue weighted by Crippen LogP contribution is -2.30. The minimum absolute atomic E-state index is 0.0240. The third-order valence-electron chi connectivity index (χ3n) is 5.10. The Morgan fingerprint density at radius 3 is 2.15 bits per heavy atom. The number of hydrogen-bond donors (Lipinski definition) is 2. The van der Waals surface area contributed by atoms with E-state index in [1.54, 1.807) is 35.2 Å². The van der Waals surface area contributed by atoms with Crippen molar-refractivity contribution in [2.75, 3.05) is 43.5 Å². The number of hydrogen-bond acceptors (Lipinski definition) is 5. The average Bonchev–Trinajstić information content (AvgIpc) is 2.87. The Kier molecular flexibility index (Phi) is 9.34. The smallest absolute Gasteiger partial charge is 0.253 e. The lowest BCUT2D eigenvalue weighted by Gasteiger charge is -2.19. The van der Waals surface area contributed by atoms with Gasteiger partial charge in [0.1, 0.15) is 24.7 Å². The van der Waals surface area contributed by atoms with Gasteiger partial charge in [-0.15, -0.1) is 0 Å². The molecule has 7 nitrogen and oxygen atoms in total. The Hall–Kier alpha value is -4.00. The molecule has 34 heavy (non-hydrogen) atoms. The number of ether oxygens (including phenoxy) is 2. The predicted molar refractivity (Wildman–Crippen MR) is 135 cm³/mol. The molecular weight excluding hydrogens is 430 g/mol. The maximum absolute atomic E-state index is 12.5. The molecule has 0 atom stereocenters. The van der Waals surface area contributed by atoms with Crippen LogP contribution < -0.4 is 20.1 Å². The summed E-state index contributed by atoms with van der Waals surface area (Å²) in [6, 6.07) is 23.9. The molecule has 3 rings (SSSR count). The minimum atomic E-state index is -0.204. The number of carbonyl (C=O) groups is 2. The number of nitrogens with one attached hydrogen (secondary N) is 2. The number of rotatable bonds is 12. The molecule has 2 amide bonds. The van der Waals surface area contributed by atoms with Gasteiger partial charge in [-0.05, 0) is 56.3 Å². The van der Waals surface area contributed by atoms with Gasteiger partial charge in [-0.2, -0.15) is 0 Å². The van der Waals surface area contributed by atoms with E-state index in [-0.39, 0.29) is 18.4 Å². The highest BCUT2D eigenvalue weighted by molar-refractivity contribution is 5.96. The van der Waals surface area contributed by atoms with Crippen LogP contribution in [-0.4, -0.2) is 49.6 Å². The third kappa shape index (κ3) is 7.55. The average molecular weight is 462 g/mol. The predicted octanol–water partition coefficient (Wildman–Crippen LogP) is 4.68. The first kappa shape index (κ1) is 24.6. The highest BCUT2D eigenvalue weighted by Gasteiger charge is 2.13. The van der Waals surface area contributed by atoms with Crippen LogP contribution in [0.2, 0.25) is 0 Å². The summed E-state index contributed by atoms with van der Waals surface area (Å²) in [6.07, 6.45) is 0. The van der Waals surface area contributed by atoms with Crippen LogP contribution in [-0.2, 0) is 4.79 Å². The molecule has 0 saturated heterocycles. The van der Waals surface area contributed by atoms with E-state index in [9.17, 15) is 9.59 Å². The summed E-state index contributed by atoms with van der Waals surface area (Å²) in [6.45, 7) is 6.07. The van der Waals surface area contributed by atoms with Crippen molar-refractivity contribution in [1.82, 2.24) is 4.90 Å². The van der Waals surface area contributed by atoms with Crippen LogP contribution in [0.4, 0.5) is 11.4 Å². The van der Waals surface area contributed by atoms with E-state index >= 15 is 0 Å². The molecule has 7 heteroatoms. The van der Waals surface area contributed by atoms with E-state index < -0.39 is 0 Å². The fourth-order valence-corrected chi connectivity index (χ4v) is 3.34. The van der Waals surface area contributed by atoms with E-state index in [2.05, 4.69) is 10.6 Å². The highest BCUT2D eigenvalue weighted by atomic mass is 16.5. The molecular formula is C27H31N3O4. The second-order valence-electron chi connectivity index (χ2n) is 7.50. The van der Waals surface area contributed by atoms with E-state index in [4.69, 9.17) is 9.47 Å². The SMILES string of the molecule is CCN(CC)C(=O)c1cccc(NCC(=O)Nc2cccc(OCCOc3ccccc3)c2)c1. The van der Waals surface area contributed by atoms with Gasteiger partial charge in [0.25, 0.3) is 5.91 Å². The number of benzene rings is 3. The molecule has 0 bridgehead atoms. The first-order valence-corrected chi connectivity index (χ1v) is 11.4. The van der Waals surface area contributed by atoms with Gasteiger partial charge in [-0.3, -0.25) is 9.59 Å². The molecule has 0 saturated carbocycles. The summed E-state index contributed by atoms with van der Waals surface area (Å²) in [5.74, 6) is 1.21. The molecule has 0 fully saturated rings. The fourth-order valence-electron chi connectivity index (χ4n) is 3.34. The molecule has 0 aliphatic heterocycles. The van der Waals surface area contributed by atoms with Crippen molar-refractivity contribution in [3.05, 3.63) is 84.4 Å². The first-order chi connectivity index (χ1) is 16.6. The first-order valence-electron chi connectivity index (χ1n) is 11.4.